The second kappa shape index (κ2) is 6.19. The van der Waals surface area contributed by atoms with Gasteiger partial charge in [-0.2, -0.15) is 0 Å². The van der Waals surface area contributed by atoms with Crippen molar-refractivity contribution in [1.82, 2.24) is 9.97 Å². The Hall–Kier alpha value is -2.49. The minimum absolute atomic E-state index is 0.163. The van der Waals surface area contributed by atoms with Crippen LogP contribution in [0.1, 0.15) is 41.3 Å². The molecule has 0 amide bonds. The molecule has 1 aliphatic rings. The Morgan fingerprint density at radius 3 is 2.92 bits per heavy atom. The number of rotatable bonds is 2. The monoisotopic (exact) mass is 322 g/mol. The van der Waals surface area contributed by atoms with Gasteiger partial charge in [0.2, 0.25) is 5.89 Å². The molecule has 1 unspecified atom stereocenters. The van der Waals surface area contributed by atoms with Crippen LogP contribution in [-0.4, -0.2) is 9.97 Å². The van der Waals surface area contributed by atoms with Crippen molar-refractivity contribution < 1.29 is 8.81 Å². The highest BCUT2D eigenvalue weighted by atomic mass is 19.1. The average Bonchev–Trinajstić information content (AvgIpc) is 2.86. The van der Waals surface area contributed by atoms with E-state index in [4.69, 9.17) is 4.42 Å². The van der Waals surface area contributed by atoms with Crippen LogP contribution in [0.2, 0.25) is 0 Å². The molecule has 3 nitrogen and oxygen atoms in total. The van der Waals surface area contributed by atoms with Gasteiger partial charge in [-0.25, -0.2) is 9.37 Å². The lowest BCUT2D eigenvalue weighted by Gasteiger charge is -2.15. The quantitative estimate of drug-likeness (QED) is 0.633. The summed E-state index contributed by atoms with van der Waals surface area (Å²) in [7, 11) is 0. The summed E-state index contributed by atoms with van der Waals surface area (Å²) in [6.07, 6.45) is 5.44. The Labute approximate surface area is 140 Å². The molecule has 0 fully saturated rings. The first-order valence-electron chi connectivity index (χ1n) is 8.36. The van der Waals surface area contributed by atoms with Crippen molar-refractivity contribution in [3.8, 4) is 11.6 Å². The molecule has 3 aromatic rings. The average molecular weight is 322 g/mol. The number of benzene rings is 1. The molecule has 0 spiro atoms. The second-order valence-electron chi connectivity index (χ2n) is 6.46. The first kappa shape index (κ1) is 15.1. The van der Waals surface area contributed by atoms with Crippen LogP contribution in [0, 0.1) is 12.7 Å². The van der Waals surface area contributed by atoms with E-state index in [1.54, 1.807) is 18.3 Å². The van der Waals surface area contributed by atoms with Crippen LogP contribution < -0.4 is 0 Å². The zero-order valence-corrected chi connectivity index (χ0v) is 13.6. The highest BCUT2D eigenvalue weighted by Gasteiger charge is 2.24. The van der Waals surface area contributed by atoms with Crippen LogP contribution in [0.15, 0.2) is 47.0 Å². The third-order valence-corrected chi connectivity index (χ3v) is 4.59. The van der Waals surface area contributed by atoms with E-state index in [1.807, 2.05) is 25.1 Å². The molecule has 4 rings (SSSR count). The SMILES string of the molecule is Cc1cc(F)cc(C2CCCc3oc(-c4ccccn4)nc3C2)c1. The Kier molecular flexibility index (Phi) is 3.89. The summed E-state index contributed by atoms with van der Waals surface area (Å²) in [5.74, 6) is 1.65. The molecule has 0 bridgehead atoms. The van der Waals surface area contributed by atoms with Gasteiger partial charge in [-0.05, 0) is 61.1 Å². The molecule has 2 aromatic heterocycles. The molecule has 0 saturated heterocycles. The van der Waals surface area contributed by atoms with Gasteiger partial charge in [-0.1, -0.05) is 12.1 Å². The van der Waals surface area contributed by atoms with E-state index in [0.29, 0.717) is 5.89 Å². The summed E-state index contributed by atoms with van der Waals surface area (Å²) in [4.78, 5) is 8.99. The maximum absolute atomic E-state index is 13.8. The molecule has 122 valence electrons. The predicted octanol–water partition coefficient (Wildman–Crippen LogP) is 4.85. The van der Waals surface area contributed by atoms with Crippen LogP contribution in [0.25, 0.3) is 11.6 Å². The molecule has 1 atom stereocenters. The Morgan fingerprint density at radius 1 is 1.21 bits per heavy atom. The highest BCUT2D eigenvalue weighted by Crippen LogP contribution is 2.34. The molecule has 1 aromatic carbocycles. The number of aromatic nitrogens is 2. The van der Waals surface area contributed by atoms with Crippen molar-refractivity contribution in [2.45, 2.75) is 38.5 Å². The van der Waals surface area contributed by atoms with Crippen molar-refractivity contribution in [3.63, 3.8) is 0 Å². The summed E-state index contributed by atoms with van der Waals surface area (Å²) in [5.41, 5.74) is 3.76. The number of nitrogens with zero attached hydrogens (tertiary/aromatic N) is 2. The Balaban J connectivity index is 1.66. The summed E-state index contributed by atoms with van der Waals surface area (Å²) in [6, 6.07) is 11.0. The minimum Gasteiger partial charge on any atom is -0.440 e. The van der Waals surface area contributed by atoms with E-state index in [-0.39, 0.29) is 11.7 Å². The fourth-order valence-corrected chi connectivity index (χ4v) is 3.47. The molecule has 0 radical (unpaired) electrons. The summed E-state index contributed by atoms with van der Waals surface area (Å²) in [5, 5.41) is 0. The highest BCUT2D eigenvalue weighted by molar-refractivity contribution is 5.47. The zero-order valence-electron chi connectivity index (χ0n) is 13.6. The standard InChI is InChI=1S/C20H19FN2O/c1-13-9-15(11-16(21)10-13)14-5-4-7-19-18(12-14)23-20(24-19)17-6-2-3-8-22-17/h2-3,6,8-11,14H,4-5,7,12H2,1H3. The molecule has 0 N–H and O–H groups in total. The lowest BCUT2D eigenvalue weighted by atomic mass is 9.90. The number of hydrogen-bond acceptors (Lipinski definition) is 3. The molecule has 2 heterocycles. The lowest BCUT2D eigenvalue weighted by molar-refractivity contribution is 0.504. The fraction of sp³-hybridized carbons (Fsp3) is 0.300. The largest absolute Gasteiger partial charge is 0.440 e. The number of halogens is 1. The molecule has 0 aliphatic heterocycles. The van der Waals surface area contributed by atoms with E-state index in [0.717, 1.165) is 54.0 Å². The van der Waals surface area contributed by atoms with Gasteiger partial charge in [0, 0.05) is 19.0 Å². The van der Waals surface area contributed by atoms with Gasteiger partial charge in [0.1, 0.15) is 17.3 Å². The number of fused-ring (bicyclic) bond motifs is 1. The maximum atomic E-state index is 13.8. The van der Waals surface area contributed by atoms with E-state index in [1.165, 1.54) is 0 Å². The van der Waals surface area contributed by atoms with Crippen molar-refractivity contribution in [1.29, 1.82) is 0 Å². The van der Waals surface area contributed by atoms with Crippen LogP contribution >= 0.6 is 0 Å². The number of oxazole rings is 1. The van der Waals surface area contributed by atoms with Crippen molar-refractivity contribution in [3.05, 3.63) is 71.0 Å². The Bertz CT molecular complexity index is 837. The molecular formula is C20H19FN2O. The third kappa shape index (κ3) is 2.96. The molecule has 24 heavy (non-hydrogen) atoms. The number of aryl methyl sites for hydroxylation is 2. The smallest absolute Gasteiger partial charge is 0.245 e. The lowest BCUT2D eigenvalue weighted by Crippen LogP contribution is -2.03. The van der Waals surface area contributed by atoms with Crippen LogP contribution in [-0.2, 0) is 12.8 Å². The molecule has 1 aliphatic carbocycles. The number of hydrogen-bond donors (Lipinski definition) is 0. The normalized spacial score (nSPS) is 17.3. The first-order chi connectivity index (χ1) is 11.7. The van der Waals surface area contributed by atoms with Gasteiger partial charge in [0.05, 0.1) is 5.69 Å². The van der Waals surface area contributed by atoms with Crippen molar-refractivity contribution in [2.24, 2.45) is 0 Å². The molecule has 0 saturated carbocycles. The Morgan fingerprint density at radius 2 is 2.12 bits per heavy atom. The first-order valence-corrected chi connectivity index (χ1v) is 8.36. The van der Waals surface area contributed by atoms with E-state index < -0.39 is 0 Å². The summed E-state index contributed by atoms with van der Waals surface area (Å²) >= 11 is 0. The van der Waals surface area contributed by atoms with Gasteiger partial charge in [0.15, 0.2) is 0 Å². The maximum Gasteiger partial charge on any atom is 0.245 e. The van der Waals surface area contributed by atoms with Gasteiger partial charge in [0.25, 0.3) is 0 Å². The molecule has 4 heteroatoms. The van der Waals surface area contributed by atoms with E-state index in [2.05, 4.69) is 16.0 Å². The van der Waals surface area contributed by atoms with Gasteiger partial charge in [-0.3, -0.25) is 4.98 Å². The van der Waals surface area contributed by atoms with Crippen molar-refractivity contribution in [2.75, 3.05) is 0 Å². The summed E-state index contributed by atoms with van der Waals surface area (Å²) in [6.45, 7) is 1.93. The van der Waals surface area contributed by atoms with Crippen LogP contribution in [0.4, 0.5) is 4.39 Å². The number of pyridine rings is 1. The van der Waals surface area contributed by atoms with Gasteiger partial charge >= 0.3 is 0 Å². The van der Waals surface area contributed by atoms with Crippen LogP contribution in [0.3, 0.4) is 0 Å². The summed E-state index contributed by atoms with van der Waals surface area (Å²) < 4.78 is 19.7. The second-order valence-corrected chi connectivity index (χ2v) is 6.46. The van der Waals surface area contributed by atoms with E-state index >= 15 is 0 Å². The van der Waals surface area contributed by atoms with Crippen LogP contribution in [0.5, 0.6) is 0 Å². The fourth-order valence-electron chi connectivity index (χ4n) is 3.47. The van der Waals surface area contributed by atoms with Gasteiger partial charge < -0.3 is 4.42 Å². The van der Waals surface area contributed by atoms with Gasteiger partial charge in [-0.15, -0.1) is 0 Å². The van der Waals surface area contributed by atoms with Crippen molar-refractivity contribution >= 4 is 0 Å². The van der Waals surface area contributed by atoms with E-state index in [9.17, 15) is 4.39 Å². The topological polar surface area (TPSA) is 38.9 Å². The zero-order chi connectivity index (χ0) is 16.5. The third-order valence-electron chi connectivity index (χ3n) is 4.59. The minimum atomic E-state index is -0.163. The predicted molar refractivity (Wildman–Crippen MR) is 90.3 cm³/mol. The molecular weight excluding hydrogens is 303 g/mol.